The zero-order valence-corrected chi connectivity index (χ0v) is 12.7. The minimum absolute atomic E-state index is 0.219. The molecule has 0 radical (unpaired) electrons. The third-order valence-electron chi connectivity index (χ3n) is 4.08. The predicted octanol–water partition coefficient (Wildman–Crippen LogP) is 4.22. The second-order valence-electron chi connectivity index (χ2n) is 5.66. The van der Waals surface area contributed by atoms with Crippen LogP contribution in [-0.2, 0) is 0 Å². The Morgan fingerprint density at radius 2 is 1.50 bits per heavy atom. The molecule has 112 valence electrons. The molecule has 2 N–H and O–H groups in total. The molecule has 0 aliphatic heterocycles. The van der Waals surface area contributed by atoms with Crippen molar-refractivity contribution in [1.29, 1.82) is 0 Å². The number of nitrogens with one attached hydrogen (secondary N) is 1. The summed E-state index contributed by atoms with van der Waals surface area (Å²) in [7, 11) is 0. The summed E-state index contributed by atoms with van der Waals surface area (Å²) >= 11 is 0. The topological polar surface area (TPSA) is 32.3 Å². The summed E-state index contributed by atoms with van der Waals surface area (Å²) in [5.41, 5.74) is 2.18. The number of rotatable bonds is 5. The summed E-state index contributed by atoms with van der Waals surface area (Å²) in [6.07, 6.45) is -0.504. The minimum Gasteiger partial charge on any atom is -0.387 e. The number of fused-ring (bicyclic) bond motifs is 1. The zero-order valence-electron chi connectivity index (χ0n) is 12.7. The molecule has 0 aliphatic rings. The molecule has 2 heteroatoms. The van der Waals surface area contributed by atoms with Gasteiger partial charge in [-0.3, -0.25) is 0 Å². The molecule has 0 aliphatic carbocycles. The van der Waals surface area contributed by atoms with E-state index in [0.29, 0.717) is 6.54 Å². The van der Waals surface area contributed by atoms with Crippen LogP contribution in [0, 0.1) is 0 Å². The first-order valence-electron chi connectivity index (χ1n) is 7.69. The Morgan fingerprint density at radius 1 is 0.818 bits per heavy atom. The Kier molecular flexibility index (Phi) is 4.52. The molecule has 2 nitrogen and oxygen atoms in total. The van der Waals surface area contributed by atoms with Gasteiger partial charge in [0.15, 0.2) is 0 Å². The van der Waals surface area contributed by atoms with Crippen molar-refractivity contribution in [2.24, 2.45) is 0 Å². The number of aliphatic hydroxyl groups excluding tert-OH is 1. The lowest BCUT2D eigenvalue weighted by Gasteiger charge is -2.18. The summed E-state index contributed by atoms with van der Waals surface area (Å²) < 4.78 is 0. The average Bonchev–Trinajstić information content (AvgIpc) is 2.59. The fourth-order valence-electron chi connectivity index (χ4n) is 2.68. The van der Waals surface area contributed by atoms with Crippen LogP contribution in [-0.4, -0.2) is 11.7 Å². The van der Waals surface area contributed by atoms with E-state index in [2.05, 4.69) is 48.6 Å². The second-order valence-corrected chi connectivity index (χ2v) is 5.66. The molecule has 0 unspecified atom stereocenters. The molecule has 0 bridgehead atoms. The van der Waals surface area contributed by atoms with Gasteiger partial charge in [0.2, 0.25) is 0 Å². The lowest BCUT2D eigenvalue weighted by atomic mass is 10.0. The highest BCUT2D eigenvalue weighted by atomic mass is 16.3. The molecular weight excluding hydrogens is 270 g/mol. The maximum Gasteiger partial charge on any atom is 0.0914 e. The molecule has 2 atom stereocenters. The van der Waals surface area contributed by atoms with E-state index in [1.807, 2.05) is 36.4 Å². The maximum absolute atomic E-state index is 10.4. The lowest BCUT2D eigenvalue weighted by molar-refractivity contribution is 0.171. The zero-order chi connectivity index (χ0) is 15.4. The number of aliphatic hydroxyl groups is 1. The first-order valence-corrected chi connectivity index (χ1v) is 7.69. The predicted molar refractivity (Wildman–Crippen MR) is 91.8 cm³/mol. The van der Waals surface area contributed by atoms with Crippen LogP contribution in [0.3, 0.4) is 0 Å². The van der Waals surface area contributed by atoms with E-state index in [4.69, 9.17) is 0 Å². The molecule has 0 saturated carbocycles. The molecule has 22 heavy (non-hydrogen) atoms. The number of hydrogen-bond acceptors (Lipinski definition) is 2. The van der Waals surface area contributed by atoms with Crippen molar-refractivity contribution in [3.05, 3.63) is 83.9 Å². The van der Waals surface area contributed by atoms with E-state index in [1.165, 1.54) is 10.9 Å². The van der Waals surface area contributed by atoms with Crippen LogP contribution < -0.4 is 5.32 Å². The highest BCUT2D eigenvalue weighted by Gasteiger charge is 2.11. The van der Waals surface area contributed by atoms with E-state index in [-0.39, 0.29) is 6.04 Å². The molecule has 0 saturated heterocycles. The van der Waals surface area contributed by atoms with E-state index < -0.39 is 6.10 Å². The third kappa shape index (κ3) is 3.35. The van der Waals surface area contributed by atoms with Gasteiger partial charge in [0.1, 0.15) is 0 Å². The molecule has 0 fully saturated rings. The largest absolute Gasteiger partial charge is 0.387 e. The summed E-state index contributed by atoms with van der Waals surface area (Å²) in [6.45, 7) is 2.65. The molecule has 3 rings (SSSR count). The molecular formula is C20H21NO. The van der Waals surface area contributed by atoms with Gasteiger partial charge in [-0.15, -0.1) is 0 Å². The SMILES string of the molecule is C[C@@H](NC[C@H](O)c1ccc2ccccc2c1)c1ccccc1. The van der Waals surface area contributed by atoms with E-state index in [9.17, 15) is 5.11 Å². The quantitative estimate of drug-likeness (QED) is 0.737. The summed E-state index contributed by atoms with van der Waals surface area (Å²) in [6, 6.07) is 24.8. The molecule has 0 aromatic heterocycles. The minimum atomic E-state index is -0.504. The van der Waals surface area contributed by atoms with Crippen LogP contribution in [0.2, 0.25) is 0 Å². The van der Waals surface area contributed by atoms with Crippen molar-refractivity contribution in [1.82, 2.24) is 5.32 Å². The second kappa shape index (κ2) is 6.73. The van der Waals surface area contributed by atoms with Gasteiger partial charge in [-0.1, -0.05) is 66.7 Å². The number of hydrogen-bond donors (Lipinski definition) is 2. The standard InChI is InChI=1S/C20H21NO/c1-15(16-7-3-2-4-8-16)21-14-20(22)19-12-11-17-9-5-6-10-18(17)13-19/h2-13,15,20-22H,14H2,1H3/t15-,20+/m1/s1. The van der Waals surface area contributed by atoms with Crippen LogP contribution in [0.4, 0.5) is 0 Å². The molecule has 3 aromatic rings. The molecule has 0 amide bonds. The number of benzene rings is 3. The fourth-order valence-corrected chi connectivity index (χ4v) is 2.68. The van der Waals surface area contributed by atoms with Crippen LogP contribution in [0.25, 0.3) is 10.8 Å². The van der Waals surface area contributed by atoms with Crippen LogP contribution >= 0.6 is 0 Å². The highest BCUT2D eigenvalue weighted by Crippen LogP contribution is 2.21. The Labute approximate surface area is 131 Å². The van der Waals surface area contributed by atoms with Gasteiger partial charge in [0.05, 0.1) is 6.10 Å². The normalized spacial score (nSPS) is 13.9. The van der Waals surface area contributed by atoms with Gasteiger partial charge in [0, 0.05) is 12.6 Å². The van der Waals surface area contributed by atoms with Crippen molar-refractivity contribution in [2.45, 2.75) is 19.1 Å². The Hall–Kier alpha value is -2.16. The van der Waals surface area contributed by atoms with Crippen LogP contribution in [0.5, 0.6) is 0 Å². The highest BCUT2D eigenvalue weighted by molar-refractivity contribution is 5.83. The average molecular weight is 291 g/mol. The van der Waals surface area contributed by atoms with Crippen LogP contribution in [0.15, 0.2) is 72.8 Å². The first-order chi connectivity index (χ1) is 10.7. The van der Waals surface area contributed by atoms with Gasteiger partial charge in [0.25, 0.3) is 0 Å². The van der Waals surface area contributed by atoms with Crippen molar-refractivity contribution >= 4 is 10.8 Å². The van der Waals surface area contributed by atoms with Crippen LogP contribution in [0.1, 0.15) is 30.2 Å². The Bertz CT molecular complexity index is 739. The van der Waals surface area contributed by atoms with Crippen molar-refractivity contribution in [3.8, 4) is 0 Å². The van der Waals surface area contributed by atoms with Crippen molar-refractivity contribution in [3.63, 3.8) is 0 Å². The monoisotopic (exact) mass is 291 g/mol. The molecule has 0 heterocycles. The Morgan fingerprint density at radius 3 is 2.27 bits per heavy atom. The van der Waals surface area contributed by atoms with E-state index in [0.717, 1.165) is 10.9 Å². The van der Waals surface area contributed by atoms with E-state index in [1.54, 1.807) is 0 Å². The van der Waals surface area contributed by atoms with E-state index >= 15 is 0 Å². The van der Waals surface area contributed by atoms with Crippen molar-refractivity contribution in [2.75, 3.05) is 6.54 Å². The maximum atomic E-state index is 10.4. The van der Waals surface area contributed by atoms with Gasteiger partial charge in [-0.05, 0) is 34.9 Å². The third-order valence-corrected chi connectivity index (χ3v) is 4.08. The lowest BCUT2D eigenvalue weighted by Crippen LogP contribution is -2.24. The van der Waals surface area contributed by atoms with Gasteiger partial charge in [-0.2, -0.15) is 0 Å². The van der Waals surface area contributed by atoms with Gasteiger partial charge < -0.3 is 10.4 Å². The summed E-state index contributed by atoms with van der Waals surface area (Å²) in [4.78, 5) is 0. The molecule has 3 aromatic carbocycles. The summed E-state index contributed by atoms with van der Waals surface area (Å²) in [5, 5.41) is 16.2. The first kappa shape index (κ1) is 14.8. The smallest absolute Gasteiger partial charge is 0.0914 e. The van der Waals surface area contributed by atoms with Gasteiger partial charge >= 0.3 is 0 Å². The summed E-state index contributed by atoms with van der Waals surface area (Å²) in [5.74, 6) is 0. The van der Waals surface area contributed by atoms with Crippen molar-refractivity contribution < 1.29 is 5.11 Å². The fraction of sp³-hybridized carbons (Fsp3) is 0.200. The Balaban J connectivity index is 1.67. The molecule has 0 spiro atoms. The van der Waals surface area contributed by atoms with Gasteiger partial charge in [-0.25, -0.2) is 0 Å².